The Morgan fingerprint density at radius 3 is 2.29 bits per heavy atom. The van der Waals surface area contributed by atoms with Gasteiger partial charge in [0.25, 0.3) is 5.91 Å². The minimum absolute atomic E-state index is 0.0476. The first-order valence-corrected chi connectivity index (χ1v) is 10.6. The van der Waals surface area contributed by atoms with Crippen LogP contribution in [0.15, 0.2) is 48.5 Å². The Hall–Kier alpha value is -3.34. The molecule has 162 valence electrons. The second-order valence-electron chi connectivity index (χ2n) is 7.97. The second kappa shape index (κ2) is 9.65. The summed E-state index contributed by atoms with van der Waals surface area (Å²) in [5, 5.41) is 0. The predicted octanol–water partition coefficient (Wildman–Crippen LogP) is 5.27. The average Bonchev–Trinajstić information content (AvgIpc) is 3.01. The molecule has 0 saturated heterocycles. The third-order valence-electron chi connectivity index (χ3n) is 5.42. The first kappa shape index (κ1) is 22.3. The van der Waals surface area contributed by atoms with E-state index in [-0.39, 0.29) is 11.9 Å². The number of hydrogen-bond acceptors (Lipinski definition) is 3. The van der Waals surface area contributed by atoms with Crippen molar-refractivity contribution in [2.24, 2.45) is 0 Å². The molecule has 0 radical (unpaired) electrons. The van der Waals surface area contributed by atoms with Crippen molar-refractivity contribution in [1.82, 2.24) is 9.88 Å². The summed E-state index contributed by atoms with van der Waals surface area (Å²) >= 11 is 0. The zero-order valence-corrected chi connectivity index (χ0v) is 18.9. The lowest BCUT2D eigenvalue weighted by molar-refractivity contribution is 0.0525. The highest BCUT2D eigenvalue weighted by atomic mass is 16.5. The van der Waals surface area contributed by atoms with Gasteiger partial charge in [-0.2, -0.15) is 0 Å². The van der Waals surface area contributed by atoms with Crippen LogP contribution in [-0.4, -0.2) is 28.4 Å². The zero-order valence-electron chi connectivity index (χ0n) is 18.9. The van der Waals surface area contributed by atoms with Gasteiger partial charge in [-0.1, -0.05) is 47.5 Å². The number of carbonyl (C=O) groups excluding carboxylic acids is 2. The number of rotatable bonds is 7. The second-order valence-corrected chi connectivity index (χ2v) is 7.97. The fraction of sp³-hybridized carbons (Fsp3) is 0.308. The number of nitrogens with one attached hydrogen (secondary N) is 1. The average molecular weight is 419 g/mol. The summed E-state index contributed by atoms with van der Waals surface area (Å²) in [7, 11) is 0. The zero-order chi connectivity index (χ0) is 22.5. The van der Waals surface area contributed by atoms with Crippen LogP contribution in [0.1, 0.15) is 61.3 Å². The fourth-order valence-electron chi connectivity index (χ4n) is 3.75. The van der Waals surface area contributed by atoms with Crippen molar-refractivity contribution in [3.05, 3.63) is 93.3 Å². The van der Waals surface area contributed by atoms with Gasteiger partial charge in [-0.25, -0.2) is 4.79 Å². The van der Waals surface area contributed by atoms with Crippen LogP contribution in [0.5, 0.6) is 0 Å². The summed E-state index contributed by atoms with van der Waals surface area (Å²) in [5.74, 6) is -0.385. The summed E-state index contributed by atoms with van der Waals surface area (Å²) in [5.41, 5.74) is 6.89. The summed E-state index contributed by atoms with van der Waals surface area (Å²) in [6.07, 6.45) is 0. The predicted molar refractivity (Wildman–Crippen MR) is 122 cm³/mol. The fourth-order valence-corrected chi connectivity index (χ4v) is 3.75. The van der Waals surface area contributed by atoms with E-state index in [0.717, 1.165) is 28.1 Å². The largest absolute Gasteiger partial charge is 0.462 e. The van der Waals surface area contributed by atoms with Gasteiger partial charge in [0, 0.05) is 23.5 Å². The number of ether oxygens (including phenoxy) is 1. The van der Waals surface area contributed by atoms with Gasteiger partial charge in [0.2, 0.25) is 0 Å². The highest BCUT2D eigenvalue weighted by Crippen LogP contribution is 2.22. The Balaban J connectivity index is 1.95. The van der Waals surface area contributed by atoms with Crippen LogP contribution in [0, 0.1) is 27.7 Å². The normalized spacial score (nSPS) is 10.7. The van der Waals surface area contributed by atoms with Gasteiger partial charge in [-0.3, -0.25) is 4.79 Å². The van der Waals surface area contributed by atoms with Crippen molar-refractivity contribution >= 4 is 11.9 Å². The molecule has 0 spiro atoms. The highest BCUT2D eigenvalue weighted by Gasteiger charge is 2.23. The standard InChI is InChI=1S/C26H30N2O3/c1-6-31-26(30)24-19(4)23(27-20(24)5)16-28(15-21-12-10-17(2)11-13-21)25(29)22-9-7-8-18(3)14-22/h7-14,27H,6,15-16H2,1-5H3. The van der Waals surface area contributed by atoms with Gasteiger partial charge in [-0.05, 0) is 57.9 Å². The van der Waals surface area contributed by atoms with Crippen LogP contribution in [-0.2, 0) is 17.8 Å². The Morgan fingerprint density at radius 1 is 0.935 bits per heavy atom. The van der Waals surface area contributed by atoms with Crippen molar-refractivity contribution in [3.63, 3.8) is 0 Å². The molecule has 3 rings (SSSR count). The monoisotopic (exact) mass is 418 g/mol. The van der Waals surface area contributed by atoms with Gasteiger partial charge in [0.05, 0.1) is 18.7 Å². The Labute approximate surface area is 184 Å². The van der Waals surface area contributed by atoms with Crippen LogP contribution in [0.25, 0.3) is 0 Å². The summed E-state index contributed by atoms with van der Waals surface area (Å²) in [6.45, 7) is 10.7. The first-order chi connectivity index (χ1) is 14.8. The van der Waals surface area contributed by atoms with E-state index in [1.54, 1.807) is 6.92 Å². The minimum Gasteiger partial charge on any atom is -0.462 e. The van der Waals surface area contributed by atoms with Crippen LogP contribution >= 0.6 is 0 Å². The van der Waals surface area contributed by atoms with Gasteiger partial charge in [0.15, 0.2) is 0 Å². The van der Waals surface area contributed by atoms with Crippen LogP contribution in [0.3, 0.4) is 0 Å². The molecular formula is C26H30N2O3. The molecule has 0 atom stereocenters. The van der Waals surface area contributed by atoms with Crippen LogP contribution in [0.4, 0.5) is 0 Å². The maximum atomic E-state index is 13.4. The molecule has 1 aromatic heterocycles. The Bertz CT molecular complexity index is 1080. The lowest BCUT2D eigenvalue weighted by Crippen LogP contribution is -2.30. The number of nitrogens with zero attached hydrogens (tertiary/aromatic N) is 1. The molecule has 1 N–H and O–H groups in total. The first-order valence-electron chi connectivity index (χ1n) is 10.6. The van der Waals surface area contributed by atoms with Gasteiger partial charge >= 0.3 is 5.97 Å². The molecule has 5 heteroatoms. The van der Waals surface area contributed by atoms with E-state index in [4.69, 9.17) is 4.74 Å². The van der Waals surface area contributed by atoms with Crippen molar-refractivity contribution in [3.8, 4) is 0 Å². The van der Waals surface area contributed by atoms with Crippen molar-refractivity contribution in [2.75, 3.05) is 6.61 Å². The van der Waals surface area contributed by atoms with Crippen molar-refractivity contribution in [1.29, 1.82) is 0 Å². The smallest absolute Gasteiger partial charge is 0.340 e. The molecule has 0 aliphatic carbocycles. The third kappa shape index (κ3) is 5.23. The molecule has 3 aromatic rings. The van der Waals surface area contributed by atoms with Crippen LogP contribution < -0.4 is 0 Å². The number of carbonyl (C=O) groups is 2. The maximum Gasteiger partial charge on any atom is 0.340 e. The lowest BCUT2D eigenvalue weighted by Gasteiger charge is -2.23. The maximum absolute atomic E-state index is 13.4. The molecular weight excluding hydrogens is 388 g/mol. The molecule has 5 nitrogen and oxygen atoms in total. The topological polar surface area (TPSA) is 62.4 Å². The number of aromatic amines is 1. The number of aryl methyl sites for hydroxylation is 3. The van der Waals surface area contributed by atoms with Gasteiger partial charge in [-0.15, -0.1) is 0 Å². The number of hydrogen-bond donors (Lipinski definition) is 1. The molecule has 0 saturated carbocycles. The molecule has 31 heavy (non-hydrogen) atoms. The lowest BCUT2D eigenvalue weighted by atomic mass is 10.1. The summed E-state index contributed by atoms with van der Waals surface area (Å²) < 4.78 is 5.21. The Kier molecular flexibility index (Phi) is 6.95. The van der Waals surface area contributed by atoms with E-state index < -0.39 is 0 Å². The van der Waals surface area contributed by atoms with E-state index in [2.05, 4.69) is 4.98 Å². The molecule has 0 unspecified atom stereocenters. The highest BCUT2D eigenvalue weighted by molar-refractivity contribution is 5.95. The molecule has 0 fully saturated rings. The van der Waals surface area contributed by atoms with E-state index in [9.17, 15) is 9.59 Å². The third-order valence-corrected chi connectivity index (χ3v) is 5.42. The molecule has 1 amide bonds. The quantitative estimate of drug-likeness (QED) is 0.532. The van der Waals surface area contributed by atoms with E-state index in [1.807, 2.05) is 81.1 Å². The molecule has 2 aromatic carbocycles. The molecule has 0 bridgehead atoms. The van der Waals surface area contributed by atoms with Crippen LogP contribution in [0.2, 0.25) is 0 Å². The molecule has 0 aliphatic heterocycles. The number of benzene rings is 2. The molecule has 0 aliphatic rings. The number of H-pyrrole nitrogens is 1. The number of esters is 1. The van der Waals surface area contributed by atoms with Crippen molar-refractivity contribution in [2.45, 2.75) is 47.7 Å². The minimum atomic E-state index is -0.338. The summed E-state index contributed by atoms with van der Waals surface area (Å²) in [4.78, 5) is 30.9. The Morgan fingerprint density at radius 2 is 1.65 bits per heavy atom. The molecule has 1 heterocycles. The van der Waals surface area contributed by atoms with Gasteiger partial charge < -0.3 is 14.6 Å². The van der Waals surface area contributed by atoms with E-state index >= 15 is 0 Å². The number of aromatic nitrogens is 1. The van der Waals surface area contributed by atoms with E-state index in [0.29, 0.717) is 30.8 Å². The number of amides is 1. The SMILES string of the molecule is CCOC(=O)c1c(C)[nH]c(CN(Cc2ccc(C)cc2)C(=O)c2cccc(C)c2)c1C. The van der Waals surface area contributed by atoms with E-state index in [1.165, 1.54) is 5.56 Å². The van der Waals surface area contributed by atoms with Gasteiger partial charge in [0.1, 0.15) is 0 Å². The van der Waals surface area contributed by atoms with Crippen molar-refractivity contribution < 1.29 is 14.3 Å². The summed E-state index contributed by atoms with van der Waals surface area (Å²) in [6, 6.07) is 15.8.